The van der Waals surface area contributed by atoms with Gasteiger partial charge in [-0.3, -0.25) is 4.98 Å². The van der Waals surface area contributed by atoms with Crippen LogP contribution in [0.4, 0.5) is 4.79 Å². The van der Waals surface area contributed by atoms with Crippen LogP contribution in [-0.4, -0.2) is 48.0 Å². The number of aryl methyl sites for hydroxylation is 2. The average Bonchev–Trinajstić information content (AvgIpc) is 2.84. The molecule has 1 atom stereocenters. The fourth-order valence-electron chi connectivity index (χ4n) is 4.62. The van der Waals surface area contributed by atoms with E-state index in [9.17, 15) is 4.79 Å². The lowest BCUT2D eigenvalue weighted by Gasteiger charge is -2.38. The van der Waals surface area contributed by atoms with Crippen molar-refractivity contribution in [2.24, 2.45) is 0 Å². The number of amides is 2. The highest BCUT2D eigenvalue weighted by Gasteiger charge is 2.40. The summed E-state index contributed by atoms with van der Waals surface area (Å²) in [5.41, 5.74) is 6.42. The van der Waals surface area contributed by atoms with E-state index >= 15 is 0 Å². The Morgan fingerprint density at radius 1 is 1.07 bits per heavy atom. The summed E-state index contributed by atoms with van der Waals surface area (Å²) in [6, 6.07) is 13.1. The van der Waals surface area contributed by atoms with Crippen LogP contribution in [0.3, 0.4) is 0 Å². The summed E-state index contributed by atoms with van der Waals surface area (Å²) in [6.07, 6.45) is 7.11. The minimum atomic E-state index is -0.239. The van der Waals surface area contributed by atoms with Crippen molar-refractivity contribution < 1.29 is 4.79 Å². The van der Waals surface area contributed by atoms with Crippen molar-refractivity contribution in [3.63, 3.8) is 0 Å². The van der Waals surface area contributed by atoms with Crippen molar-refractivity contribution in [2.45, 2.75) is 31.6 Å². The van der Waals surface area contributed by atoms with Crippen LogP contribution >= 0.6 is 0 Å². The van der Waals surface area contributed by atoms with Crippen molar-refractivity contribution in [3.8, 4) is 0 Å². The van der Waals surface area contributed by atoms with Crippen molar-refractivity contribution in [3.05, 3.63) is 76.6 Å². The highest BCUT2D eigenvalue weighted by Crippen LogP contribution is 2.45. The number of benzene rings is 1. The molecule has 2 heterocycles. The molecule has 2 aromatic rings. The minimum absolute atomic E-state index is 0.0789. The second-order valence-electron chi connectivity index (χ2n) is 7.90. The Hall–Kier alpha value is -2.62. The minimum Gasteiger partial charge on any atom is -0.331 e. The van der Waals surface area contributed by atoms with Gasteiger partial charge in [0.1, 0.15) is 0 Å². The molecule has 0 saturated carbocycles. The zero-order valence-electron chi connectivity index (χ0n) is 16.4. The highest BCUT2D eigenvalue weighted by molar-refractivity contribution is 5.74. The van der Waals surface area contributed by atoms with Gasteiger partial charge in [-0.25, -0.2) is 4.79 Å². The molecule has 4 rings (SSSR count). The first kappa shape index (κ1) is 17.8. The largest absolute Gasteiger partial charge is 0.331 e. The maximum absolute atomic E-state index is 12.3. The number of urea groups is 1. The van der Waals surface area contributed by atoms with Gasteiger partial charge in [-0.2, -0.15) is 0 Å². The molecule has 1 aromatic carbocycles. The molecule has 0 bridgehead atoms. The number of aromatic nitrogens is 1. The zero-order chi connectivity index (χ0) is 19.0. The normalized spacial score (nSPS) is 21.6. The second-order valence-corrected chi connectivity index (χ2v) is 7.90. The number of hydrogen-bond donors (Lipinski definition) is 0. The number of fused-ring (bicyclic) bond motifs is 2. The monoisotopic (exact) mass is 361 g/mol. The van der Waals surface area contributed by atoms with E-state index in [0.717, 1.165) is 25.8 Å². The quantitative estimate of drug-likeness (QED) is 0.725. The summed E-state index contributed by atoms with van der Waals surface area (Å²) < 4.78 is 0. The molecule has 0 radical (unpaired) electrons. The van der Waals surface area contributed by atoms with Gasteiger partial charge in [-0.1, -0.05) is 42.0 Å². The van der Waals surface area contributed by atoms with Crippen molar-refractivity contribution in [1.82, 2.24) is 14.8 Å². The predicted octanol–water partition coefficient (Wildman–Crippen LogP) is 3.80. The van der Waals surface area contributed by atoms with Crippen LogP contribution in [0.15, 0.2) is 54.2 Å². The van der Waals surface area contributed by atoms with Crippen LogP contribution in [-0.2, 0) is 18.3 Å². The molecule has 0 saturated heterocycles. The van der Waals surface area contributed by atoms with Crippen LogP contribution in [0.2, 0.25) is 0 Å². The van der Waals surface area contributed by atoms with Crippen LogP contribution in [0, 0.1) is 0 Å². The molecule has 2 amide bonds. The summed E-state index contributed by atoms with van der Waals surface area (Å²) >= 11 is 0. The molecule has 1 aliphatic carbocycles. The molecule has 1 unspecified atom stereocenters. The Balaban J connectivity index is 1.81. The first-order valence-corrected chi connectivity index (χ1v) is 9.70. The van der Waals surface area contributed by atoms with E-state index in [-0.39, 0.29) is 11.4 Å². The van der Waals surface area contributed by atoms with Crippen molar-refractivity contribution >= 4 is 6.03 Å². The molecule has 0 N–H and O–H groups in total. The highest BCUT2D eigenvalue weighted by atomic mass is 16.2. The van der Waals surface area contributed by atoms with Crippen LogP contribution in [0.5, 0.6) is 0 Å². The van der Waals surface area contributed by atoms with Crippen molar-refractivity contribution in [2.75, 3.05) is 27.2 Å². The van der Waals surface area contributed by atoms with Crippen molar-refractivity contribution in [1.29, 1.82) is 0 Å². The molecule has 1 aliphatic heterocycles. The van der Waals surface area contributed by atoms with Gasteiger partial charge in [-0.05, 0) is 48.9 Å². The summed E-state index contributed by atoms with van der Waals surface area (Å²) in [6.45, 7) is 3.73. The molecule has 4 heteroatoms. The predicted molar refractivity (Wildman–Crippen MR) is 108 cm³/mol. The Kier molecular flexibility index (Phi) is 4.50. The zero-order valence-corrected chi connectivity index (χ0v) is 16.4. The lowest BCUT2D eigenvalue weighted by atomic mass is 9.69. The van der Waals surface area contributed by atoms with Gasteiger partial charge in [0.05, 0.1) is 11.1 Å². The van der Waals surface area contributed by atoms with Gasteiger partial charge < -0.3 is 9.80 Å². The molecule has 27 heavy (non-hydrogen) atoms. The molecule has 1 aromatic heterocycles. The second kappa shape index (κ2) is 6.84. The van der Waals surface area contributed by atoms with E-state index in [0.29, 0.717) is 6.54 Å². The summed E-state index contributed by atoms with van der Waals surface area (Å²) in [7, 11) is 3.62. The number of carbonyl (C=O) groups is 1. The molecular weight excluding hydrogens is 334 g/mol. The Labute approximate surface area is 161 Å². The van der Waals surface area contributed by atoms with Gasteiger partial charge >= 0.3 is 6.03 Å². The number of hydrogen-bond acceptors (Lipinski definition) is 2. The van der Waals surface area contributed by atoms with Gasteiger partial charge in [0.15, 0.2) is 0 Å². The fourth-order valence-corrected chi connectivity index (χ4v) is 4.62. The molecule has 140 valence electrons. The van der Waals surface area contributed by atoms with Crippen LogP contribution in [0.25, 0.3) is 0 Å². The van der Waals surface area contributed by atoms with E-state index in [1.54, 1.807) is 4.90 Å². The maximum Gasteiger partial charge on any atom is 0.319 e. The first-order chi connectivity index (χ1) is 13.0. The standard InChI is InChI=1S/C23H27N3O/c1-23(19-12-15-26(16-13-19)22(27)25(2)3)20-9-5-4-7-17(20)10-11-18-8-6-14-24-21(18)23/h4-9,12,14H,10-11,13,15-16H2,1-3H3. The third-order valence-electron chi connectivity index (χ3n) is 6.09. The lowest BCUT2D eigenvalue weighted by molar-refractivity contribution is 0.174. The van der Waals surface area contributed by atoms with E-state index in [1.165, 1.54) is 28.0 Å². The first-order valence-electron chi connectivity index (χ1n) is 9.70. The Morgan fingerprint density at radius 2 is 1.81 bits per heavy atom. The fraction of sp³-hybridized carbons (Fsp3) is 0.391. The van der Waals surface area contributed by atoms with Crippen LogP contribution in [0.1, 0.15) is 35.7 Å². The van der Waals surface area contributed by atoms with E-state index in [2.05, 4.69) is 43.3 Å². The van der Waals surface area contributed by atoms with Gasteiger partial charge in [-0.15, -0.1) is 0 Å². The lowest BCUT2D eigenvalue weighted by Crippen LogP contribution is -2.43. The van der Waals surface area contributed by atoms with Gasteiger partial charge in [0.25, 0.3) is 0 Å². The molecule has 0 fully saturated rings. The smallest absolute Gasteiger partial charge is 0.319 e. The van der Waals surface area contributed by atoms with E-state index < -0.39 is 0 Å². The third kappa shape index (κ3) is 2.93. The molecule has 0 spiro atoms. The van der Waals surface area contributed by atoms with Gasteiger partial charge in [0.2, 0.25) is 0 Å². The maximum atomic E-state index is 12.3. The number of pyridine rings is 1. The van der Waals surface area contributed by atoms with Crippen LogP contribution < -0.4 is 0 Å². The van der Waals surface area contributed by atoms with E-state index in [1.807, 2.05) is 31.3 Å². The molecule has 2 aliphatic rings. The Bertz CT molecular complexity index is 853. The number of nitrogens with zero attached hydrogens (tertiary/aromatic N) is 3. The summed E-state index contributed by atoms with van der Waals surface area (Å²) in [4.78, 5) is 20.7. The Morgan fingerprint density at radius 3 is 2.56 bits per heavy atom. The number of carbonyl (C=O) groups excluding carboxylic acids is 1. The van der Waals surface area contributed by atoms with Gasteiger partial charge in [0, 0.05) is 33.4 Å². The SMILES string of the molecule is CN(C)C(=O)N1CC=C(C2(C)c3ccccc3CCc3cccnc32)CC1. The average molecular weight is 361 g/mol. The molecular formula is C23H27N3O. The molecule has 4 nitrogen and oxygen atoms in total. The summed E-state index contributed by atoms with van der Waals surface area (Å²) in [5, 5.41) is 0. The summed E-state index contributed by atoms with van der Waals surface area (Å²) in [5.74, 6) is 0. The topological polar surface area (TPSA) is 36.4 Å². The third-order valence-corrected chi connectivity index (χ3v) is 6.09. The number of rotatable bonds is 1. The van der Waals surface area contributed by atoms with E-state index in [4.69, 9.17) is 4.98 Å².